The highest BCUT2D eigenvalue weighted by Crippen LogP contribution is 2.26. The van der Waals surface area contributed by atoms with Gasteiger partial charge in [-0.15, -0.1) is 0 Å². The average molecular weight is 299 g/mol. The minimum atomic E-state index is -0.985. The molecule has 3 rings (SSSR count). The SMILES string of the molecule is Cc1cc(C(=O)N2Cc3ccccc3C[C@H]2C(=O)O)c(C)o1. The van der Waals surface area contributed by atoms with Gasteiger partial charge < -0.3 is 14.4 Å². The molecule has 1 aromatic carbocycles. The summed E-state index contributed by atoms with van der Waals surface area (Å²) in [7, 11) is 0. The summed E-state index contributed by atoms with van der Waals surface area (Å²) >= 11 is 0. The fourth-order valence-corrected chi connectivity index (χ4v) is 2.95. The Labute approximate surface area is 128 Å². The highest BCUT2D eigenvalue weighted by molar-refractivity contribution is 5.97. The Hall–Kier alpha value is -2.56. The maximum absolute atomic E-state index is 12.8. The van der Waals surface area contributed by atoms with E-state index in [4.69, 9.17) is 4.42 Å². The van der Waals surface area contributed by atoms with Gasteiger partial charge in [0.05, 0.1) is 5.56 Å². The van der Waals surface area contributed by atoms with Crippen molar-refractivity contribution in [3.63, 3.8) is 0 Å². The van der Waals surface area contributed by atoms with Crippen LogP contribution in [0.4, 0.5) is 0 Å². The van der Waals surface area contributed by atoms with Gasteiger partial charge in [-0.3, -0.25) is 4.79 Å². The highest BCUT2D eigenvalue weighted by atomic mass is 16.4. The van der Waals surface area contributed by atoms with E-state index < -0.39 is 12.0 Å². The maximum atomic E-state index is 12.8. The summed E-state index contributed by atoms with van der Waals surface area (Å²) in [4.78, 5) is 25.8. The first kappa shape index (κ1) is 14.4. The number of amides is 1. The van der Waals surface area contributed by atoms with E-state index in [1.807, 2.05) is 24.3 Å². The molecule has 1 atom stereocenters. The maximum Gasteiger partial charge on any atom is 0.326 e. The molecule has 0 aliphatic carbocycles. The van der Waals surface area contributed by atoms with Crippen molar-refractivity contribution in [2.45, 2.75) is 32.9 Å². The molecule has 2 aromatic rings. The van der Waals surface area contributed by atoms with Crippen molar-refractivity contribution in [2.75, 3.05) is 0 Å². The molecule has 0 saturated heterocycles. The van der Waals surface area contributed by atoms with E-state index in [2.05, 4.69) is 0 Å². The van der Waals surface area contributed by atoms with Gasteiger partial charge in [-0.1, -0.05) is 24.3 Å². The summed E-state index contributed by atoms with van der Waals surface area (Å²) in [5, 5.41) is 9.49. The highest BCUT2D eigenvalue weighted by Gasteiger charge is 2.35. The summed E-state index contributed by atoms with van der Waals surface area (Å²) in [6.07, 6.45) is 0.327. The number of aliphatic carboxylic acids is 1. The molecule has 0 radical (unpaired) electrons. The number of rotatable bonds is 2. The van der Waals surface area contributed by atoms with Crippen molar-refractivity contribution in [3.8, 4) is 0 Å². The van der Waals surface area contributed by atoms with Crippen molar-refractivity contribution < 1.29 is 19.1 Å². The van der Waals surface area contributed by atoms with Crippen LogP contribution < -0.4 is 0 Å². The summed E-state index contributed by atoms with van der Waals surface area (Å²) < 4.78 is 5.40. The number of furan rings is 1. The van der Waals surface area contributed by atoms with Gasteiger partial charge in [-0.05, 0) is 31.0 Å². The summed E-state index contributed by atoms with van der Waals surface area (Å²) in [6.45, 7) is 3.79. The van der Waals surface area contributed by atoms with Crippen LogP contribution in [0.25, 0.3) is 0 Å². The zero-order chi connectivity index (χ0) is 15.9. The molecule has 22 heavy (non-hydrogen) atoms. The first-order chi connectivity index (χ1) is 10.5. The summed E-state index contributed by atoms with van der Waals surface area (Å²) in [6, 6.07) is 8.45. The van der Waals surface area contributed by atoms with Crippen LogP contribution in [0, 0.1) is 13.8 Å². The molecule has 0 spiro atoms. The molecule has 114 valence electrons. The number of hydrogen-bond donors (Lipinski definition) is 1. The smallest absolute Gasteiger partial charge is 0.326 e. The molecule has 1 aliphatic rings. The predicted molar refractivity (Wildman–Crippen MR) is 79.6 cm³/mol. The minimum absolute atomic E-state index is 0.295. The molecule has 1 N–H and O–H groups in total. The Morgan fingerprint density at radius 3 is 2.50 bits per heavy atom. The third-order valence-corrected chi connectivity index (χ3v) is 4.07. The Morgan fingerprint density at radius 2 is 1.91 bits per heavy atom. The molecule has 0 fully saturated rings. The first-order valence-electron chi connectivity index (χ1n) is 7.15. The fourth-order valence-electron chi connectivity index (χ4n) is 2.95. The number of aryl methyl sites for hydroxylation is 2. The molecule has 1 aromatic heterocycles. The van der Waals surface area contributed by atoms with Crippen LogP contribution >= 0.6 is 0 Å². The van der Waals surface area contributed by atoms with E-state index in [9.17, 15) is 14.7 Å². The number of carbonyl (C=O) groups is 2. The quantitative estimate of drug-likeness (QED) is 0.925. The minimum Gasteiger partial charge on any atom is -0.480 e. The fraction of sp³-hybridized carbons (Fsp3) is 0.294. The van der Waals surface area contributed by atoms with Gasteiger partial charge in [-0.25, -0.2) is 4.79 Å². The second-order valence-corrected chi connectivity index (χ2v) is 5.59. The largest absolute Gasteiger partial charge is 0.480 e. The third kappa shape index (κ3) is 2.39. The Bertz CT molecular complexity index is 747. The van der Waals surface area contributed by atoms with Gasteiger partial charge >= 0.3 is 5.97 Å². The number of fused-ring (bicyclic) bond motifs is 1. The van der Waals surface area contributed by atoms with Gasteiger partial charge in [-0.2, -0.15) is 0 Å². The third-order valence-electron chi connectivity index (χ3n) is 4.07. The van der Waals surface area contributed by atoms with Crippen LogP contribution in [-0.2, 0) is 17.8 Å². The number of benzene rings is 1. The summed E-state index contributed by atoms with van der Waals surface area (Å²) in [5.41, 5.74) is 2.41. The Kier molecular flexibility index (Phi) is 3.48. The number of carboxylic acid groups (broad SMARTS) is 1. The first-order valence-corrected chi connectivity index (χ1v) is 7.15. The normalized spacial score (nSPS) is 17.2. The van der Waals surface area contributed by atoms with Gasteiger partial charge in [0.25, 0.3) is 5.91 Å². The van der Waals surface area contributed by atoms with Gasteiger partial charge in [0, 0.05) is 13.0 Å². The predicted octanol–water partition coefficient (Wildman–Crippen LogP) is 2.55. The van der Waals surface area contributed by atoms with Gasteiger partial charge in [0.2, 0.25) is 0 Å². The zero-order valence-corrected chi connectivity index (χ0v) is 12.5. The van der Waals surface area contributed by atoms with Crippen LogP contribution in [0.2, 0.25) is 0 Å². The van der Waals surface area contributed by atoms with E-state index in [1.165, 1.54) is 4.90 Å². The number of hydrogen-bond acceptors (Lipinski definition) is 3. The lowest BCUT2D eigenvalue weighted by Crippen LogP contribution is -2.48. The molecule has 0 bridgehead atoms. The van der Waals surface area contributed by atoms with Crippen LogP contribution in [0.5, 0.6) is 0 Å². The van der Waals surface area contributed by atoms with Crippen molar-refractivity contribution >= 4 is 11.9 Å². The zero-order valence-electron chi connectivity index (χ0n) is 12.5. The molecule has 0 unspecified atom stereocenters. The van der Waals surface area contributed by atoms with E-state index in [1.54, 1.807) is 19.9 Å². The molecule has 1 aliphatic heterocycles. The van der Waals surface area contributed by atoms with Crippen molar-refractivity contribution in [3.05, 3.63) is 58.5 Å². The van der Waals surface area contributed by atoms with Crippen molar-refractivity contribution in [1.29, 1.82) is 0 Å². The van der Waals surface area contributed by atoms with Gasteiger partial charge in [0.1, 0.15) is 17.6 Å². The number of carboxylic acids is 1. The van der Waals surface area contributed by atoms with E-state index in [0.29, 0.717) is 30.0 Å². The Morgan fingerprint density at radius 1 is 1.23 bits per heavy atom. The van der Waals surface area contributed by atoms with Crippen molar-refractivity contribution in [2.24, 2.45) is 0 Å². The molecule has 1 amide bonds. The number of carbonyl (C=O) groups excluding carboxylic acids is 1. The van der Waals surface area contributed by atoms with Crippen molar-refractivity contribution in [1.82, 2.24) is 4.90 Å². The second kappa shape index (κ2) is 5.33. The van der Waals surface area contributed by atoms with E-state index >= 15 is 0 Å². The monoisotopic (exact) mass is 299 g/mol. The standard InChI is InChI=1S/C17H17NO4/c1-10-7-14(11(2)22-10)16(19)18-9-13-6-4-3-5-12(13)8-15(18)17(20)21/h3-7,15H,8-9H2,1-2H3,(H,20,21)/t15-/m0/s1. The molecule has 0 saturated carbocycles. The molecule has 5 nitrogen and oxygen atoms in total. The molecule has 5 heteroatoms. The van der Waals surface area contributed by atoms with Crippen LogP contribution in [0.3, 0.4) is 0 Å². The number of nitrogens with zero attached hydrogens (tertiary/aromatic N) is 1. The molecular weight excluding hydrogens is 282 g/mol. The lowest BCUT2D eigenvalue weighted by atomic mass is 9.93. The van der Waals surface area contributed by atoms with E-state index in [-0.39, 0.29) is 5.91 Å². The summed E-state index contributed by atoms with van der Waals surface area (Å²) in [5.74, 6) is -0.118. The molecule has 2 heterocycles. The topological polar surface area (TPSA) is 70.8 Å². The van der Waals surface area contributed by atoms with Gasteiger partial charge in [0.15, 0.2) is 0 Å². The lowest BCUT2D eigenvalue weighted by molar-refractivity contribution is -0.142. The second-order valence-electron chi connectivity index (χ2n) is 5.59. The van der Waals surface area contributed by atoms with Crippen LogP contribution in [0.15, 0.2) is 34.7 Å². The van der Waals surface area contributed by atoms with Crippen LogP contribution in [0.1, 0.15) is 33.0 Å². The molecular formula is C17H17NO4. The lowest BCUT2D eigenvalue weighted by Gasteiger charge is -2.34. The Balaban J connectivity index is 1.99. The van der Waals surface area contributed by atoms with E-state index in [0.717, 1.165) is 11.1 Å². The average Bonchev–Trinajstić information content (AvgIpc) is 2.83. The van der Waals surface area contributed by atoms with Crippen LogP contribution in [-0.4, -0.2) is 27.9 Å².